The number of aryl methyl sites for hydroxylation is 2. The van der Waals surface area contributed by atoms with Gasteiger partial charge in [0.2, 0.25) is 5.91 Å². The Morgan fingerprint density at radius 2 is 2.05 bits per heavy atom. The summed E-state index contributed by atoms with van der Waals surface area (Å²) in [5.41, 5.74) is 4.13. The molecule has 0 bridgehead atoms. The Bertz CT molecular complexity index is 701. The van der Waals surface area contributed by atoms with Gasteiger partial charge in [0, 0.05) is 55.8 Å². The minimum atomic E-state index is 0.183. The van der Waals surface area contributed by atoms with Crippen LogP contribution >= 0.6 is 11.3 Å². The van der Waals surface area contributed by atoms with E-state index in [0.717, 1.165) is 44.7 Å². The van der Waals surface area contributed by atoms with Gasteiger partial charge in [0.15, 0.2) is 0 Å². The molecule has 0 saturated carbocycles. The fourth-order valence-electron chi connectivity index (χ4n) is 3.51. The third-order valence-electron chi connectivity index (χ3n) is 4.70. The molecule has 0 radical (unpaired) electrons. The maximum atomic E-state index is 11.5. The fraction of sp³-hybridized carbons (Fsp3) is 0.412. The number of rotatable bonds is 0. The highest BCUT2D eigenvalue weighted by atomic mass is 32.1. The van der Waals surface area contributed by atoms with Crippen molar-refractivity contribution in [1.29, 1.82) is 0 Å². The highest BCUT2D eigenvalue weighted by Crippen LogP contribution is 2.37. The average molecular weight is 313 g/mol. The topological polar surface area (TPSA) is 38.1 Å². The molecule has 0 aliphatic carbocycles. The average Bonchev–Trinajstić information content (AvgIpc) is 3.14. The summed E-state index contributed by atoms with van der Waals surface area (Å²) < 4.78 is 2.27. The number of hydrogen-bond donors (Lipinski definition) is 0. The number of piperidine rings is 1. The van der Waals surface area contributed by atoms with Crippen molar-refractivity contribution in [3.63, 3.8) is 0 Å². The Labute approximate surface area is 134 Å². The normalized spacial score (nSPS) is 18.0. The number of carbonyl (C=O) groups is 1. The van der Waals surface area contributed by atoms with Gasteiger partial charge in [-0.05, 0) is 29.9 Å². The fourth-order valence-corrected chi connectivity index (χ4v) is 4.38. The Hall–Kier alpha value is -1.88. The van der Waals surface area contributed by atoms with E-state index in [0.29, 0.717) is 0 Å². The second-order valence-corrected chi connectivity index (χ2v) is 6.94. The van der Waals surface area contributed by atoms with E-state index in [9.17, 15) is 4.79 Å². The van der Waals surface area contributed by atoms with E-state index >= 15 is 0 Å². The number of imidazole rings is 1. The molecule has 2 aromatic heterocycles. The molecule has 1 amide bonds. The molecular formula is C17H19N3OS. The Kier molecular flexibility index (Phi) is 3.37. The summed E-state index contributed by atoms with van der Waals surface area (Å²) >= 11 is 1.85. The molecule has 4 nitrogen and oxygen atoms in total. The number of nitrogens with zero attached hydrogens (tertiary/aromatic N) is 3. The van der Waals surface area contributed by atoms with Crippen LogP contribution in [0.4, 0.5) is 0 Å². The molecule has 0 aromatic carbocycles. The van der Waals surface area contributed by atoms with Crippen LogP contribution in [0.15, 0.2) is 29.4 Å². The molecule has 4 heterocycles. The van der Waals surface area contributed by atoms with Gasteiger partial charge in [-0.3, -0.25) is 4.79 Å². The molecule has 1 fully saturated rings. The Morgan fingerprint density at radius 1 is 1.23 bits per heavy atom. The molecule has 5 heteroatoms. The summed E-state index contributed by atoms with van der Waals surface area (Å²) in [7, 11) is 0. The van der Waals surface area contributed by atoms with Crippen LogP contribution in [0, 0.1) is 0 Å². The Morgan fingerprint density at radius 3 is 2.82 bits per heavy atom. The van der Waals surface area contributed by atoms with E-state index in [1.165, 1.54) is 21.6 Å². The van der Waals surface area contributed by atoms with Gasteiger partial charge < -0.3 is 9.47 Å². The molecule has 2 aliphatic rings. The molecule has 2 aliphatic heterocycles. The van der Waals surface area contributed by atoms with E-state index in [1.807, 2.05) is 22.4 Å². The lowest BCUT2D eigenvalue weighted by atomic mass is 9.93. The van der Waals surface area contributed by atoms with Crippen molar-refractivity contribution in [2.75, 3.05) is 13.1 Å². The summed E-state index contributed by atoms with van der Waals surface area (Å²) in [6.07, 6.45) is 6.97. The molecule has 0 unspecified atom stereocenters. The zero-order chi connectivity index (χ0) is 15.1. The summed E-state index contributed by atoms with van der Waals surface area (Å²) in [6.45, 7) is 4.31. The van der Waals surface area contributed by atoms with Crippen molar-refractivity contribution in [2.45, 2.75) is 32.7 Å². The van der Waals surface area contributed by atoms with Gasteiger partial charge in [0.25, 0.3) is 0 Å². The SMILES string of the molecule is CC(=O)N1CCC(=C2c3ccsc3CCn3ccnc32)CC1. The van der Waals surface area contributed by atoms with Crippen LogP contribution < -0.4 is 0 Å². The molecule has 22 heavy (non-hydrogen) atoms. The first-order valence-corrected chi connectivity index (χ1v) is 8.68. The number of thiophene rings is 1. The maximum absolute atomic E-state index is 11.5. The molecule has 4 rings (SSSR count). The van der Waals surface area contributed by atoms with E-state index in [-0.39, 0.29) is 5.91 Å². The highest BCUT2D eigenvalue weighted by molar-refractivity contribution is 7.10. The number of fused-ring (bicyclic) bond motifs is 2. The van der Waals surface area contributed by atoms with Crippen molar-refractivity contribution in [1.82, 2.24) is 14.5 Å². The lowest BCUT2D eigenvalue weighted by Crippen LogP contribution is -2.34. The van der Waals surface area contributed by atoms with Gasteiger partial charge in [-0.15, -0.1) is 11.3 Å². The van der Waals surface area contributed by atoms with Crippen molar-refractivity contribution in [3.8, 4) is 0 Å². The van der Waals surface area contributed by atoms with Gasteiger partial charge in [-0.2, -0.15) is 0 Å². The zero-order valence-electron chi connectivity index (χ0n) is 12.7. The minimum absolute atomic E-state index is 0.183. The Balaban J connectivity index is 1.80. The van der Waals surface area contributed by atoms with E-state index in [4.69, 9.17) is 0 Å². The van der Waals surface area contributed by atoms with E-state index in [1.54, 1.807) is 6.92 Å². The predicted octanol–water partition coefficient (Wildman–Crippen LogP) is 2.94. The lowest BCUT2D eigenvalue weighted by molar-refractivity contribution is -0.129. The molecule has 2 aromatic rings. The lowest BCUT2D eigenvalue weighted by Gasteiger charge is -2.29. The van der Waals surface area contributed by atoms with Crippen molar-refractivity contribution < 1.29 is 4.79 Å². The van der Waals surface area contributed by atoms with Gasteiger partial charge in [0.05, 0.1) is 0 Å². The standard InChI is InChI=1S/C17H19N3OS/c1-12(21)19-7-2-13(3-8-19)16-14-5-11-22-15(14)4-9-20-10-6-18-17(16)20/h5-6,10-11H,2-4,7-9H2,1H3. The van der Waals surface area contributed by atoms with E-state index < -0.39 is 0 Å². The summed E-state index contributed by atoms with van der Waals surface area (Å²) in [5, 5.41) is 2.19. The second kappa shape index (κ2) is 5.39. The molecule has 114 valence electrons. The van der Waals surface area contributed by atoms with Gasteiger partial charge >= 0.3 is 0 Å². The highest BCUT2D eigenvalue weighted by Gasteiger charge is 2.26. The molecular weight excluding hydrogens is 294 g/mol. The monoisotopic (exact) mass is 313 g/mol. The van der Waals surface area contributed by atoms with Crippen LogP contribution in [0.2, 0.25) is 0 Å². The van der Waals surface area contributed by atoms with Crippen LogP contribution in [0.1, 0.15) is 36.0 Å². The second-order valence-electron chi connectivity index (χ2n) is 5.94. The number of amides is 1. The summed E-state index contributed by atoms with van der Waals surface area (Å²) in [5.74, 6) is 1.28. The van der Waals surface area contributed by atoms with E-state index in [2.05, 4.69) is 27.2 Å². The summed E-state index contributed by atoms with van der Waals surface area (Å²) in [4.78, 5) is 19.6. The van der Waals surface area contributed by atoms with Crippen LogP contribution in [0.3, 0.4) is 0 Å². The number of carbonyl (C=O) groups excluding carboxylic acids is 1. The number of hydrogen-bond acceptors (Lipinski definition) is 3. The molecule has 0 spiro atoms. The minimum Gasteiger partial charge on any atom is -0.342 e. The third kappa shape index (κ3) is 2.20. The van der Waals surface area contributed by atoms with Crippen LogP contribution in [-0.4, -0.2) is 33.4 Å². The van der Waals surface area contributed by atoms with Gasteiger partial charge in [-0.1, -0.05) is 5.57 Å². The predicted molar refractivity (Wildman–Crippen MR) is 87.8 cm³/mol. The first-order valence-electron chi connectivity index (χ1n) is 7.80. The number of likely N-dealkylation sites (tertiary alicyclic amines) is 1. The quantitative estimate of drug-likeness (QED) is 0.750. The first kappa shape index (κ1) is 13.8. The van der Waals surface area contributed by atoms with Crippen LogP contribution in [0.5, 0.6) is 0 Å². The van der Waals surface area contributed by atoms with Crippen molar-refractivity contribution in [2.24, 2.45) is 0 Å². The number of aromatic nitrogens is 2. The van der Waals surface area contributed by atoms with Crippen LogP contribution in [0.25, 0.3) is 5.57 Å². The van der Waals surface area contributed by atoms with Crippen molar-refractivity contribution >= 4 is 22.8 Å². The first-order chi connectivity index (χ1) is 10.7. The van der Waals surface area contributed by atoms with Crippen LogP contribution in [-0.2, 0) is 17.8 Å². The molecule has 0 N–H and O–H groups in total. The van der Waals surface area contributed by atoms with Gasteiger partial charge in [-0.25, -0.2) is 4.98 Å². The van der Waals surface area contributed by atoms with Crippen molar-refractivity contribution in [3.05, 3.63) is 45.7 Å². The van der Waals surface area contributed by atoms with Gasteiger partial charge in [0.1, 0.15) is 5.82 Å². The largest absolute Gasteiger partial charge is 0.342 e. The maximum Gasteiger partial charge on any atom is 0.219 e. The molecule has 0 atom stereocenters. The smallest absolute Gasteiger partial charge is 0.219 e. The third-order valence-corrected chi connectivity index (χ3v) is 5.68. The summed E-state index contributed by atoms with van der Waals surface area (Å²) in [6, 6.07) is 2.24. The zero-order valence-corrected chi connectivity index (χ0v) is 13.5. The molecule has 1 saturated heterocycles.